The van der Waals surface area contributed by atoms with E-state index in [0.29, 0.717) is 10.9 Å². The Labute approximate surface area is 182 Å². The van der Waals surface area contributed by atoms with Gasteiger partial charge in [-0.05, 0) is 31.0 Å². The van der Waals surface area contributed by atoms with Crippen LogP contribution >= 0.6 is 11.8 Å². The zero-order chi connectivity index (χ0) is 22.0. The van der Waals surface area contributed by atoms with E-state index in [1.54, 1.807) is 4.90 Å². The summed E-state index contributed by atoms with van der Waals surface area (Å²) in [6.45, 7) is 0. The van der Waals surface area contributed by atoms with Gasteiger partial charge in [-0.1, -0.05) is 30.0 Å². The molecule has 1 aliphatic carbocycles. The van der Waals surface area contributed by atoms with E-state index in [-0.39, 0.29) is 35.7 Å². The minimum atomic E-state index is -0.577. The van der Waals surface area contributed by atoms with E-state index in [1.165, 1.54) is 37.1 Å². The number of methoxy groups -OCH3 is 1. The summed E-state index contributed by atoms with van der Waals surface area (Å²) in [5, 5.41) is 13.7. The number of hydrogen-bond acceptors (Lipinski definition) is 7. The summed E-state index contributed by atoms with van der Waals surface area (Å²) in [5.74, 6) is -0.318. The second-order valence-electron chi connectivity index (χ2n) is 7.17. The minimum absolute atomic E-state index is 0.0410. The molecule has 0 bridgehead atoms. The zero-order valence-electron chi connectivity index (χ0n) is 16.7. The molecule has 31 heavy (non-hydrogen) atoms. The molecule has 160 valence electrons. The van der Waals surface area contributed by atoms with Crippen LogP contribution in [0.4, 0.5) is 17.1 Å². The van der Waals surface area contributed by atoms with Gasteiger partial charge < -0.3 is 10.1 Å². The molecule has 2 aromatic carbocycles. The Morgan fingerprint density at radius 1 is 1.29 bits per heavy atom. The summed E-state index contributed by atoms with van der Waals surface area (Å²) in [7, 11) is 1.37. The Kier molecular flexibility index (Phi) is 5.90. The van der Waals surface area contributed by atoms with Crippen LogP contribution in [-0.4, -0.2) is 45.2 Å². The molecule has 2 aromatic rings. The highest BCUT2D eigenvalue weighted by molar-refractivity contribution is 8.15. The van der Waals surface area contributed by atoms with Crippen molar-refractivity contribution < 1.29 is 19.2 Å². The number of amidine groups is 1. The van der Waals surface area contributed by atoms with Crippen LogP contribution in [0.15, 0.2) is 53.5 Å². The fraction of sp³-hybridized carbons (Fsp3) is 0.286. The molecule has 10 heteroatoms. The molecule has 2 amide bonds. The van der Waals surface area contributed by atoms with E-state index in [0.717, 1.165) is 18.5 Å². The van der Waals surface area contributed by atoms with Crippen LogP contribution in [0, 0.1) is 10.1 Å². The van der Waals surface area contributed by atoms with Crippen molar-refractivity contribution in [3.8, 4) is 5.75 Å². The van der Waals surface area contributed by atoms with Gasteiger partial charge in [0.25, 0.3) is 5.69 Å². The lowest BCUT2D eigenvalue weighted by Crippen LogP contribution is -2.35. The molecule has 1 saturated carbocycles. The van der Waals surface area contributed by atoms with Gasteiger partial charge in [-0.15, -0.1) is 0 Å². The maximum Gasteiger partial charge on any atom is 0.273 e. The molecule has 2 aliphatic rings. The molecule has 1 atom stereocenters. The van der Waals surface area contributed by atoms with E-state index in [9.17, 15) is 19.7 Å². The summed E-state index contributed by atoms with van der Waals surface area (Å²) < 4.78 is 5.15. The molecule has 0 radical (unpaired) electrons. The van der Waals surface area contributed by atoms with Crippen molar-refractivity contribution in [1.29, 1.82) is 0 Å². The lowest BCUT2D eigenvalue weighted by molar-refractivity contribution is -0.384. The van der Waals surface area contributed by atoms with Gasteiger partial charge in [0.05, 0.1) is 29.5 Å². The predicted molar refractivity (Wildman–Crippen MR) is 118 cm³/mol. The van der Waals surface area contributed by atoms with Crippen molar-refractivity contribution in [1.82, 2.24) is 4.90 Å². The number of nitro benzene ring substituents is 1. The second kappa shape index (κ2) is 8.76. The molecule has 1 N–H and O–H groups in total. The van der Waals surface area contributed by atoms with Crippen molar-refractivity contribution >= 4 is 45.8 Å². The number of hydrogen-bond donors (Lipinski definition) is 1. The lowest BCUT2D eigenvalue weighted by Gasteiger charge is -2.15. The third-order valence-corrected chi connectivity index (χ3v) is 6.05. The molecule has 1 unspecified atom stereocenters. The molecule has 0 spiro atoms. The van der Waals surface area contributed by atoms with Crippen LogP contribution in [0.2, 0.25) is 0 Å². The fourth-order valence-corrected chi connectivity index (χ4v) is 4.46. The first kappa shape index (κ1) is 20.9. The third kappa shape index (κ3) is 4.69. The number of thioether (sulfide) groups is 1. The molecule has 1 saturated heterocycles. The third-order valence-electron chi connectivity index (χ3n) is 4.90. The highest BCUT2D eigenvalue weighted by Gasteiger charge is 2.46. The Morgan fingerprint density at radius 3 is 2.68 bits per heavy atom. The molecular weight excluding hydrogens is 420 g/mol. The quantitative estimate of drug-likeness (QED) is 0.518. The number of rotatable bonds is 7. The highest BCUT2D eigenvalue weighted by Crippen LogP contribution is 2.39. The standard InChI is InChI=1S/C21H20N4O5S/c1-30-17-11-15(25(28)29)9-10-16(17)23-19(26)12-18-20(27)24(14-7-8-14)21(31-18)22-13-5-3-2-4-6-13/h2-6,9-11,14,18H,7-8,12H2,1H3,(H,23,26). The van der Waals surface area contributed by atoms with Gasteiger partial charge in [-0.3, -0.25) is 24.6 Å². The van der Waals surface area contributed by atoms with Crippen LogP contribution in [0.25, 0.3) is 0 Å². The Hall–Kier alpha value is -3.40. The Morgan fingerprint density at radius 2 is 2.03 bits per heavy atom. The monoisotopic (exact) mass is 440 g/mol. The Bertz CT molecular complexity index is 1050. The van der Waals surface area contributed by atoms with E-state index < -0.39 is 10.2 Å². The normalized spacial score (nSPS) is 19.5. The predicted octanol–water partition coefficient (Wildman–Crippen LogP) is 3.73. The van der Waals surface area contributed by atoms with Crippen LogP contribution in [0.5, 0.6) is 5.75 Å². The van der Waals surface area contributed by atoms with Gasteiger partial charge in [0.2, 0.25) is 11.8 Å². The van der Waals surface area contributed by atoms with Gasteiger partial charge in [-0.2, -0.15) is 0 Å². The number of amides is 2. The molecule has 1 aliphatic heterocycles. The van der Waals surface area contributed by atoms with Crippen molar-refractivity contribution in [3.05, 3.63) is 58.6 Å². The molecule has 2 fully saturated rings. The first-order valence-corrected chi connectivity index (χ1v) is 10.6. The number of nitro groups is 1. The number of carbonyl (C=O) groups excluding carboxylic acids is 2. The van der Waals surface area contributed by atoms with E-state index in [2.05, 4.69) is 10.3 Å². The number of aliphatic imine (C=N–C) groups is 1. The number of ether oxygens (including phenoxy) is 1. The maximum atomic E-state index is 13.0. The van der Waals surface area contributed by atoms with Crippen molar-refractivity contribution in [2.24, 2.45) is 4.99 Å². The molecule has 4 rings (SSSR count). The number of nitrogens with zero attached hydrogens (tertiary/aromatic N) is 3. The number of nitrogens with one attached hydrogen (secondary N) is 1. The number of non-ortho nitro benzene ring substituents is 1. The SMILES string of the molecule is COc1cc([N+](=O)[O-])ccc1NC(=O)CC1SC(=Nc2ccccc2)N(C2CC2)C1=O. The summed E-state index contributed by atoms with van der Waals surface area (Å²) in [4.78, 5) is 42.3. The average Bonchev–Trinajstić information content (AvgIpc) is 3.54. The van der Waals surface area contributed by atoms with Crippen LogP contribution in [-0.2, 0) is 9.59 Å². The zero-order valence-corrected chi connectivity index (χ0v) is 17.5. The van der Waals surface area contributed by atoms with Crippen LogP contribution < -0.4 is 10.1 Å². The van der Waals surface area contributed by atoms with Crippen molar-refractivity contribution in [2.75, 3.05) is 12.4 Å². The molecular formula is C21H20N4O5S. The smallest absolute Gasteiger partial charge is 0.273 e. The number of para-hydroxylation sites is 1. The molecule has 1 heterocycles. The van der Waals surface area contributed by atoms with Crippen LogP contribution in [0.3, 0.4) is 0 Å². The first-order chi connectivity index (χ1) is 15.0. The van der Waals surface area contributed by atoms with Gasteiger partial charge in [0, 0.05) is 18.5 Å². The number of anilines is 1. The van der Waals surface area contributed by atoms with Crippen molar-refractivity contribution in [2.45, 2.75) is 30.6 Å². The molecule has 0 aromatic heterocycles. The number of carbonyl (C=O) groups is 2. The summed E-state index contributed by atoms with van der Waals surface area (Å²) in [6.07, 6.45) is 1.82. The van der Waals surface area contributed by atoms with E-state index in [1.807, 2.05) is 30.3 Å². The average molecular weight is 440 g/mol. The van der Waals surface area contributed by atoms with Gasteiger partial charge in [-0.25, -0.2) is 4.99 Å². The van der Waals surface area contributed by atoms with E-state index >= 15 is 0 Å². The van der Waals surface area contributed by atoms with Gasteiger partial charge >= 0.3 is 0 Å². The highest BCUT2D eigenvalue weighted by atomic mass is 32.2. The first-order valence-electron chi connectivity index (χ1n) is 9.72. The second-order valence-corrected chi connectivity index (χ2v) is 8.34. The van der Waals surface area contributed by atoms with Crippen LogP contribution in [0.1, 0.15) is 19.3 Å². The molecule has 9 nitrogen and oxygen atoms in total. The topological polar surface area (TPSA) is 114 Å². The summed E-state index contributed by atoms with van der Waals surface area (Å²) >= 11 is 1.29. The number of benzene rings is 2. The van der Waals surface area contributed by atoms with Gasteiger partial charge in [0.15, 0.2) is 5.17 Å². The summed E-state index contributed by atoms with van der Waals surface area (Å²) in [5.41, 5.74) is 0.924. The fourth-order valence-electron chi connectivity index (χ4n) is 3.24. The lowest BCUT2D eigenvalue weighted by atomic mass is 10.2. The minimum Gasteiger partial charge on any atom is -0.494 e. The Balaban J connectivity index is 1.48. The maximum absolute atomic E-state index is 13.0. The summed E-state index contributed by atoms with van der Waals surface area (Å²) in [6, 6.07) is 13.5. The van der Waals surface area contributed by atoms with Gasteiger partial charge in [0.1, 0.15) is 11.0 Å². The van der Waals surface area contributed by atoms with Crippen molar-refractivity contribution in [3.63, 3.8) is 0 Å². The van der Waals surface area contributed by atoms with E-state index in [4.69, 9.17) is 4.74 Å². The largest absolute Gasteiger partial charge is 0.494 e.